The molecular weight excluding hydrogens is 454 g/mol. The molecule has 178 valence electrons. The number of nitrogens with zero attached hydrogens (tertiary/aromatic N) is 5. The number of nitro groups is 1. The molecule has 0 radical (unpaired) electrons. The molecule has 1 aliphatic heterocycles. The molecule has 1 saturated heterocycles. The van der Waals surface area contributed by atoms with Gasteiger partial charge in [-0.2, -0.15) is 0 Å². The minimum absolute atomic E-state index is 0.118. The molecule has 0 bridgehead atoms. The van der Waals surface area contributed by atoms with Crippen LogP contribution in [-0.2, 0) is 4.74 Å². The lowest BCUT2D eigenvalue weighted by Gasteiger charge is -2.16. The maximum absolute atomic E-state index is 12.3. The second-order valence-corrected chi connectivity index (χ2v) is 7.31. The molecule has 0 unspecified atom stereocenters. The first-order valence-corrected chi connectivity index (χ1v) is 9.79. The molecular formula is C19H19N7O8. The Morgan fingerprint density at radius 2 is 2.03 bits per heavy atom. The van der Waals surface area contributed by atoms with Crippen molar-refractivity contribution in [1.29, 1.82) is 0 Å². The summed E-state index contributed by atoms with van der Waals surface area (Å²) in [4.78, 5) is 34.4. The SMILES string of the molecule is Nc1ncnc2c1ncn2[C@@H]1O[C@H](/C=C/CNC(=O)c2cc([N+](=O)[O-])cc(O)c2O)[C@@H](O)[C@H]1O. The fourth-order valence-electron chi connectivity index (χ4n) is 3.46. The number of phenols is 2. The standard InChI is InChI=1S/C19H19N7O8/c20-16-12-17(23-6-22-16)25(7-24-12)19-15(30)14(29)11(34-19)2-1-3-21-18(31)9-4-8(26(32)33)5-10(27)13(9)28/h1-2,4-7,11,14-15,19,27-30H,3H2,(H,21,31)(H2,20,22,23)/b2-1+/t11-,14-,15-,19-/m1/s1. The maximum atomic E-state index is 12.3. The van der Waals surface area contributed by atoms with Gasteiger partial charge < -0.3 is 36.2 Å². The van der Waals surface area contributed by atoms with Crippen LogP contribution in [0, 0.1) is 10.1 Å². The number of hydrogen-bond acceptors (Lipinski definition) is 12. The van der Waals surface area contributed by atoms with E-state index in [1.54, 1.807) is 0 Å². The molecule has 7 N–H and O–H groups in total. The summed E-state index contributed by atoms with van der Waals surface area (Å²) in [6.45, 7) is -0.118. The van der Waals surface area contributed by atoms with Gasteiger partial charge >= 0.3 is 0 Å². The molecule has 2 aromatic heterocycles. The zero-order valence-electron chi connectivity index (χ0n) is 17.2. The average Bonchev–Trinajstić information content (AvgIpc) is 3.35. The number of aromatic nitrogens is 4. The first-order chi connectivity index (χ1) is 16.2. The van der Waals surface area contributed by atoms with E-state index in [9.17, 15) is 35.3 Å². The third kappa shape index (κ3) is 4.05. The lowest BCUT2D eigenvalue weighted by Crippen LogP contribution is -2.31. The first-order valence-electron chi connectivity index (χ1n) is 9.79. The predicted octanol–water partition coefficient (Wildman–Crippen LogP) is -0.667. The summed E-state index contributed by atoms with van der Waals surface area (Å²) in [5.74, 6) is -2.35. The molecule has 4 rings (SSSR count). The Morgan fingerprint density at radius 3 is 2.76 bits per heavy atom. The van der Waals surface area contributed by atoms with E-state index >= 15 is 0 Å². The van der Waals surface area contributed by atoms with E-state index < -0.39 is 58.1 Å². The van der Waals surface area contributed by atoms with Crippen LogP contribution in [0.5, 0.6) is 11.5 Å². The number of carbonyl (C=O) groups excluding carboxylic acids is 1. The number of aliphatic hydroxyl groups is 2. The summed E-state index contributed by atoms with van der Waals surface area (Å²) in [6.07, 6.45) is 0.778. The number of benzene rings is 1. The molecule has 15 nitrogen and oxygen atoms in total. The van der Waals surface area contributed by atoms with Gasteiger partial charge in [-0.3, -0.25) is 19.5 Å². The molecule has 0 aliphatic carbocycles. The Kier molecular flexibility index (Phi) is 5.97. The van der Waals surface area contributed by atoms with Crippen molar-refractivity contribution in [1.82, 2.24) is 24.8 Å². The number of imidazole rings is 1. The van der Waals surface area contributed by atoms with Crippen LogP contribution in [0.3, 0.4) is 0 Å². The highest BCUT2D eigenvalue weighted by molar-refractivity contribution is 5.98. The van der Waals surface area contributed by atoms with Gasteiger partial charge in [-0.15, -0.1) is 0 Å². The number of aromatic hydroxyl groups is 2. The lowest BCUT2D eigenvalue weighted by molar-refractivity contribution is -0.385. The van der Waals surface area contributed by atoms with Crippen molar-refractivity contribution in [2.75, 3.05) is 12.3 Å². The summed E-state index contributed by atoms with van der Waals surface area (Å²) >= 11 is 0. The molecule has 15 heteroatoms. The normalized spacial score (nSPS) is 22.4. The minimum atomic E-state index is -1.33. The smallest absolute Gasteiger partial charge is 0.274 e. The predicted molar refractivity (Wildman–Crippen MR) is 114 cm³/mol. The average molecular weight is 473 g/mol. The summed E-state index contributed by atoms with van der Waals surface area (Å²) in [7, 11) is 0. The number of anilines is 1. The molecule has 1 amide bonds. The Balaban J connectivity index is 1.42. The quantitative estimate of drug-likeness (QED) is 0.113. The largest absolute Gasteiger partial charge is 0.504 e. The molecule has 0 spiro atoms. The zero-order chi connectivity index (χ0) is 24.6. The van der Waals surface area contributed by atoms with Crippen molar-refractivity contribution < 1.29 is 34.9 Å². The van der Waals surface area contributed by atoms with E-state index in [0.717, 1.165) is 12.1 Å². The second kappa shape index (κ2) is 8.89. The number of nitro benzene ring substituents is 1. The number of carbonyl (C=O) groups is 1. The number of nitrogen functional groups attached to an aromatic ring is 1. The molecule has 1 aromatic carbocycles. The highest BCUT2D eigenvalue weighted by Gasteiger charge is 2.43. The number of hydrogen-bond donors (Lipinski definition) is 6. The van der Waals surface area contributed by atoms with E-state index in [2.05, 4.69) is 20.3 Å². The summed E-state index contributed by atoms with van der Waals surface area (Å²) in [6, 6.07) is 1.54. The topological polar surface area (TPSA) is 232 Å². The second-order valence-electron chi connectivity index (χ2n) is 7.31. The van der Waals surface area contributed by atoms with Gasteiger partial charge in [0.15, 0.2) is 29.2 Å². The molecule has 0 saturated carbocycles. The van der Waals surface area contributed by atoms with Gasteiger partial charge in [0.25, 0.3) is 11.6 Å². The Morgan fingerprint density at radius 1 is 1.26 bits per heavy atom. The number of nitrogens with two attached hydrogens (primary N) is 1. The number of fused-ring (bicyclic) bond motifs is 1. The first kappa shape index (κ1) is 22.8. The van der Waals surface area contributed by atoms with Gasteiger partial charge in [0.05, 0.1) is 22.9 Å². The number of rotatable bonds is 6. The highest BCUT2D eigenvalue weighted by Crippen LogP contribution is 2.34. The van der Waals surface area contributed by atoms with Crippen molar-refractivity contribution in [2.45, 2.75) is 24.5 Å². The van der Waals surface area contributed by atoms with Crippen LogP contribution < -0.4 is 11.1 Å². The molecule has 4 atom stereocenters. The number of phenolic OH excluding ortho intramolecular Hbond substituents is 2. The van der Waals surface area contributed by atoms with Gasteiger partial charge in [-0.05, 0) is 0 Å². The fourth-order valence-corrected chi connectivity index (χ4v) is 3.46. The van der Waals surface area contributed by atoms with Crippen LogP contribution in [0.25, 0.3) is 11.2 Å². The van der Waals surface area contributed by atoms with Crippen molar-refractivity contribution in [3.63, 3.8) is 0 Å². The van der Waals surface area contributed by atoms with Crippen LogP contribution in [-0.4, -0.2) is 75.6 Å². The lowest BCUT2D eigenvalue weighted by atomic mass is 10.1. The third-order valence-electron chi connectivity index (χ3n) is 5.17. The van der Waals surface area contributed by atoms with Gasteiger partial charge in [0, 0.05) is 12.6 Å². The van der Waals surface area contributed by atoms with Crippen LogP contribution in [0.15, 0.2) is 36.9 Å². The molecule has 1 aliphatic rings. The number of amides is 1. The summed E-state index contributed by atoms with van der Waals surface area (Å²) in [5.41, 5.74) is 5.32. The van der Waals surface area contributed by atoms with E-state index in [0.29, 0.717) is 11.2 Å². The van der Waals surface area contributed by atoms with Crippen molar-refractivity contribution in [3.8, 4) is 11.5 Å². The van der Waals surface area contributed by atoms with Gasteiger partial charge in [0.2, 0.25) is 0 Å². The summed E-state index contributed by atoms with van der Waals surface area (Å²) < 4.78 is 7.13. The monoisotopic (exact) mass is 473 g/mol. The van der Waals surface area contributed by atoms with E-state index in [1.165, 1.54) is 29.4 Å². The van der Waals surface area contributed by atoms with Crippen molar-refractivity contribution in [2.24, 2.45) is 0 Å². The highest BCUT2D eigenvalue weighted by atomic mass is 16.6. The minimum Gasteiger partial charge on any atom is -0.504 e. The Labute approximate surface area is 189 Å². The van der Waals surface area contributed by atoms with Crippen molar-refractivity contribution in [3.05, 3.63) is 52.6 Å². The van der Waals surface area contributed by atoms with E-state index in [1.807, 2.05) is 0 Å². The van der Waals surface area contributed by atoms with Crippen molar-refractivity contribution >= 4 is 28.6 Å². The van der Waals surface area contributed by atoms with E-state index in [-0.39, 0.29) is 12.4 Å². The van der Waals surface area contributed by atoms with Crippen LogP contribution in [0.1, 0.15) is 16.6 Å². The molecule has 3 aromatic rings. The fraction of sp³-hybridized carbons (Fsp3) is 0.263. The number of ether oxygens (including phenoxy) is 1. The number of aliphatic hydroxyl groups excluding tert-OH is 2. The Bertz CT molecular complexity index is 1290. The van der Waals surface area contributed by atoms with Gasteiger partial charge in [-0.1, -0.05) is 12.2 Å². The zero-order valence-corrected chi connectivity index (χ0v) is 17.2. The molecule has 34 heavy (non-hydrogen) atoms. The summed E-state index contributed by atoms with van der Waals surface area (Å²) in [5, 5.41) is 53.5. The number of nitrogens with one attached hydrogen (secondary N) is 1. The maximum Gasteiger partial charge on any atom is 0.274 e. The van der Waals surface area contributed by atoms with Gasteiger partial charge in [0.1, 0.15) is 30.2 Å². The van der Waals surface area contributed by atoms with E-state index in [4.69, 9.17) is 10.5 Å². The molecule has 3 heterocycles. The number of non-ortho nitro benzene ring substituents is 1. The molecule has 1 fully saturated rings. The van der Waals surface area contributed by atoms with Gasteiger partial charge in [-0.25, -0.2) is 15.0 Å². The van der Waals surface area contributed by atoms with Crippen LogP contribution in [0.4, 0.5) is 11.5 Å². The third-order valence-corrected chi connectivity index (χ3v) is 5.17. The van der Waals surface area contributed by atoms with Crippen LogP contribution >= 0.6 is 0 Å². The van der Waals surface area contributed by atoms with Crippen LogP contribution in [0.2, 0.25) is 0 Å². The Hall–Kier alpha value is -4.34.